The number of nitrogens with one attached hydrogen (secondary N) is 1. The molecule has 1 aliphatic rings. The topological polar surface area (TPSA) is 32.3 Å². The Morgan fingerprint density at radius 3 is 2.89 bits per heavy atom. The van der Waals surface area contributed by atoms with Crippen molar-refractivity contribution >= 4 is 5.91 Å². The van der Waals surface area contributed by atoms with E-state index in [9.17, 15) is 4.79 Å². The number of likely N-dealkylation sites (tertiary alicyclic amines) is 1. The molecule has 1 saturated heterocycles. The van der Waals surface area contributed by atoms with Crippen molar-refractivity contribution in [2.75, 3.05) is 19.6 Å². The maximum Gasteiger partial charge on any atom is 0.217 e. The number of hydrogen-bond donors (Lipinski definition) is 1. The van der Waals surface area contributed by atoms with Crippen molar-refractivity contribution in [2.45, 2.75) is 26.3 Å². The van der Waals surface area contributed by atoms with Crippen LogP contribution in [-0.2, 0) is 11.3 Å². The second kappa shape index (κ2) is 6.96. The lowest BCUT2D eigenvalue weighted by atomic mass is 10.1. The minimum atomic E-state index is -0.0444. The molecule has 3 nitrogen and oxygen atoms in total. The van der Waals surface area contributed by atoms with Gasteiger partial charge in [0.15, 0.2) is 0 Å². The van der Waals surface area contributed by atoms with Crippen LogP contribution >= 0.6 is 0 Å². The molecule has 1 N–H and O–H groups in total. The van der Waals surface area contributed by atoms with Crippen LogP contribution in [0.5, 0.6) is 0 Å². The van der Waals surface area contributed by atoms with E-state index in [1.807, 2.05) is 12.1 Å². The number of rotatable bonds is 3. The Morgan fingerprint density at radius 1 is 1.37 bits per heavy atom. The molecule has 100 valence electrons. The first-order chi connectivity index (χ1) is 9.24. The summed E-state index contributed by atoms with van der Waals surface area (Å²) in [6.07, 6.45) is 2.63. The average molecular weight is 256 g/mol. The second-order valence-corrected chi connectivity index (χ2v) is 4.90. The maximum atomic E-state index is 10.7. The van der Waals surface area contributed by atoms with Gasteiger partial charge >= 0.3 is 0 Å². The van der Waals surface area contributed by atoms with Gasteiger partial charge in [-0.15, -0.1) is 0 Å². The van der Waals surface area contributed by atoms with Crippen molar-refractivity contribution in [3.63, 3.8) is 0 Å². The Kier molecular flexibility index (Phi) is 5.00. The molecule has 0 saturated carbocycles. The second-order valence-electron chi connectivity index (χ2n) is 4.90. The summed E-state index contributed by atoms with van der Waals surface area (Å²) in [5, 5.41) is 2.67. The molecule has 1 aromatic carbocycles. The van der Waals surface area contributed by atoms with Gasteiger partial charge in [0.1, 0.15) is 0 Å². The van der Waals surface area contributed by atoms with Crippen molar-refractivity contribution in [1.29, 1.82) is 0 Å². The number of amides is 1. The lowest BCUT2D eigenvalue weighted by molar-refractivity contribution is -0.118. The molecule has 1 fully saturated rings. The third-order valence-electron chi connectivity index (χ3n) is 3.19. The number of nitrogens with zero attached hydrogens (tertiary/aromatic N) is 1. The molecule has 0 aromatic heterocycles. The lowest BCUT2D eigenvalue weighted by Gasteiger charge is -2.14. The Bertz CT molecular complexity index is 493. The number of carbonyl (C=O) groups excluding carboxylic acids is 1. The molecule has 1 amide bonds. The predicted octanol–water partition coefficient (Wildman–Crippen LogP) is 1.77. The summed E-state index contributed by atoms with van der Waals surface area (Å²) in [6, 6.07) is 8.35. The number of benzene rings is 1. The zero-order chi connectivity index (χ0) is 13.5. The van der Waals surface area contributed by atoms with Crippen LogP contribution in [-0.4, -0.2) is 30.4 Å². The van der Waals surface area contributed by atoms with Crippen LogP contribution in [0.2, 0.25) is 0 Å². The molecule has 1 aliphatic heterocycles. The minimum Gasteiger partial charge on any atom is -0.345 e. The summed E-state index contributed by atoms with van der Waals surface area (Å²) < 4.78 is 0. The molecular weight excluding hydrogens is 236 g/mol. The molecule has 3 heteroatoms. The zero-order valence-electron chi connectivity index (χ0n) is 11.4. The van der Waals surface area contributed by atoms with Gasteiger partial charge in [0.05, 0.1) is 6.54 Å². The molecular formula is C16H20N2O. The van der Waals surface area contributed by atoms with Crippen LogP contribution in [0.25, 0.3) is 0 Å². The molecule has 1 aromatic rings. The third kappa shape index (κ3) is 4.76. The summed E-state index contributed by atoms with van der Waals surface area (Å²) in [4.78, 5) is 13.2. The number of carbonyl (C=O) groups is 1. The normalized spacial score (nSPS) is 14.8. The standard InChI is InChI=1S/C16H20N2O/c1-14(19)17-9-5-8-15-6-4-7-16(12-15)13-18-10-2-3-11-18/h4,6-7,12H,2-3,9-11,13H2,1H3,(H,17,19). The molecule has 0 unspecified atom stereocenters. The molecule has 0 bridgehead atoms. The summed E-state index contributed by atoms with van der Waals surface area (Å²) in [5.41, 5.74) is 2.33. The smallest absolute Gasteiger partial charge is 0.217 e. The molecule has 0 radical (unpaired) electrons. The Morgan fingerprint density at radius 2 is 2.16 bits per heavy atom. The molecule has 1 heterocycles. The molecule has 0 atom stereocenters. The van der Waals surface area contributed by atoms with E-state index >= 15 is 0 Å². The van der Waals surface area contributed by atoms with Crippen LogP contribution < -0.4 is 5.32 Å². The van der Waals surface area contributed by atoms with Crippen molar-refractivity contribution in [3.05, 3.63) is 35.4 Å². The summed E-state index contributed by atoms with van der Waals surface area (Å²) in [6.45, 7) is 5.34. The zero-order valence-corrected chi connectivity index (χ0v) is 11.4. The molecule has 0 spiro atoms. The largest absolute Gasteiger partial charge is 0.345 e. The first-order valence-electron chi connectivity index (χ1n) is 6.78. The van der Waals surface area contributed by atoms with E-state index in [-0.39, 0.29) is 5.91 Å². The highest BCUT2D eigenvalue weighted by molar-refractivity contribution is 5.73. The molecule has 0 aliphatic carbocycles. The summed E-state index contributed by atoms with van der Waals surface area (Å²) in [5.74, 6) is 6.00. The van der Waals surface area contributed by atoms with Gasteiger partial charge in [-0.25, -0.2) is 0 Å². The van der Waals surface area contributed by atoms with Crippen LogP contribution in [0.4, 0.5) is 0 Å². The van der Waals surface area contributed by atoms with Crippen LogP contribution in [0.1, 0.15) is 30.9 Å². The fraction of sp³-hybridized carbons (Fsp3) is 0.438. The van der Waals surface area contributed by atoms with Crippen molar-refractivity contribution in [2.24, 2.45) is 0 Å². The SMILES string of the molecule is CC(=O)NCC#Cc1cccc(CN2CCCC2)c1. The predicted molar refractivity (Wildman–Crippen MR) is 76.5 cm³/mol. The fourth-order valence-electron chi connectivity index (χ4n) is 2.26. The van der Waals surface area contributed by atoms with E-state index in [1.54, 1.807) is 0 Å². The highest BCUT2D eigenvalue weighted by atomic mass is 16.1. The van der Waals surface area contributed by atoms with Gasteiger partial charge in [0.2, 0.25) is 5.91 Å². The van der Waals surface area contributed by atoms with E-state index in [1.165, 1.54) is 38.4 Å². The third-order valence-corrected chi connectivity index (χ3v) is 3.19. The van der Waals surface area contributed by atoms with Crippen molar-refractivity contribution in [1.82, 2.24) is 10.2 Å². The van der Waals surface area contributed by atoms with Gasteiger partial charge in [0, 0.05) is 19.0 Å². The van der Waals surface area contributed by atoms with Gasteiger partial charge < -0.3 is 5.32 Å². The first-order valence-corrected chi connectivity index (χ1v) is 6.78. The number of hydrogen-bond acceptors (Lipinski definition) is 2. The van der Waals surface area contributed by atoms with E-state index in [2.05, 4.69) is 34.2 Å². The molecule has 2 rings (SSSR count). The summed E-state index contributed by atoms with van der Waals surface area (Å²) in [7, 11) is 0. The highest BCUT2D eigenvalue weighted by Gasteiger charge is 2.11. The Labute approximate surface area is 115 Å². The van der Waals surface area contributed by atoms with E-state index in [0.717, 1.165) is 12.1 Å². The highest BCUT2D eigenvalue weighted by Crippen LogP contribution is 2.13. The van der Waals surface area contributed by atoms with Gasteiger partial charge in [0.25, 0.3) is 0 Å². The van der Waals surface area contributed by atoms with Crippen LogP contribution in [0, 0.1) is 11.8 Å². The van der Waals surface area contributed by atoms with E-state index in [0.29, 0.717) is 6.54 Å². The Hall–Kier alpha value is -1.79. The monoisotopic (exact) mass is 256 g/mol. The van der Waals surface area contributed by atoms with Crippen LogP contribution in [0.15, 0.2) is 24.3 Å². The average Bonchev–Trinajstić information content (AvgIpc) is 2.88. The van der Waals surface area contributed by atoms with Gasteiger partial charge in [-0.1, -0.05) is 24.0 Å². The minimum absolute atomic E-state index is 0.0444. The van der Waals surface area contributed by atoms with Gasteiger partial charge in [-0.05, 0) is 43.6 Å². The Balaban J connectivity index is 1.92. The first kappa shape index (κ1) is 13.6. The van der Waals surface area contributed by atoms with E-state index < -0.39 is 0 Å². The van der Waals surface area contributed by atoms with Gasteiger partial charge in [-0.2, -0.15) is 0 Å². The maximum absolute atomic E-state index is 10.7. The van der Waals surface area contributed by atoms with Crippen LogP contribution in [0.3, 0.4) is 0 Å². The quantitative estimate of drug-likeness (QED) is 0.836. The van der Waals surface area contributed by atoms with E-state index in [4.69, 9.17) is 0 Å². The lowest BCUT2D eigenvalue weighted by Crippen LogP contribution is -2.19. The van der Waals surface area contributed by atoms with Crippen molar-refractivity contribution in [3.8, 4) is 11.8 Å². The summed E-state index contributed by atoms with van der Waals surface area (Å²) >= 11 is 0. The van der Waals surface area contributed by atoms with Gasteiger partial charge in [-0.3, -0.25) is 9.69 Å². The van der Waals surface area contributed by atoms with Crippen molar-refractivity contribution < 1.29 is 4.79 Å². The fourth-order valence-corrected chi connectivity index (χ4v) is 2.26. The molecule has 19 heavy (non-hydrogen) atoms.